The van der Waals surface area contributed by atoms with Crippen LogP contribution in [-0.2, 0) is 16.0 Å². The number of rotatable bonds is 5. The number of hydrogen-bond acceptors (Lipinski definition) is 5. The largest absolute Gasteiger partial charge is 0.507 e. The SMILES string of the molecule is CCOC(=O)CCc1ccc(C=NO)c(O)c1. The lowest BCUT2D eigenvalue weighted by molar-refractivity contribution is -0.143. The normalized spacial score (nSPS) is 10.6. The lowest BCUT2D eigenvalue weighted by Crippen LogP contribution is -2.05. The molecule has 5 nitrogen and oxygen atoms in total. The maximum atomic E-state index is 11.1. The third-order valence-corrected chi connectivity index (χ3v) is 2.21. The van der Waals surface area contributed by atoms with Gasteiger partial charge in [-0.25, -0.2) is 0 Å². The Morgan fingerprint density at radius 3 is 2.88 bits per heavy atom. The van der Waals surface area contributed by atoms with Crippen molar-refractivity contribution in [3.63, 3.8) is 0 Å². The Labute approximate surface area is 99.3 Å². The number of carbonyl (C=O) groups is 1. The molecule has 0 fully saturated rings. The van der Waals surface area contributed by atoms with E-state index >= 15 is 0 Å². The molecule has 1 aromatic rings. The predicted molar refractivity (Wildman–Crippen MR) is 62.4 cm³/mol. The maximum absolute atomic E-state index is 11.1. The molecular weight excluding hydrogens is 222 g/mol. The van der Waals surface area contributed by atoms with Crippen LogP contribution >= 0.6 is 0 Å². The van der Waals surface area contributed by atoms with Crippen LogP contribution in [0.2, 0.25) is 0 Å². The highest BCUT2D eigenvalue weighted by Crippen LogP contribution is 2.18. The Morgan fingerprint density at radius 1 is 1.53 bits per heavy atom. The third-order valence-electron chi connectivity index (χ3n) is 2.21. The van der Waals surface area contributed by atoms with E-state index in [4.69, 9.17) is 9.94 Å². The standard InChI is InChI=1S/C12H15NO4/c1-2-17-12(15)6-4-9-3-5-10(8-13-16)11(14)7-9/h3,5,7-8,14,16H,2,4,6H2,1H3. The van der Waals surface area contributed by atoms with Crippen molar-refractivity contribution in [3.05, 3.63) is 29.3 Å². The fraction of sp³-hybridized carbons (Fsp3) is 0.333. The molecule has 0 aliphatic heterocycles. The first-order valence-corrected chi connectivity index (χ1v) is 5.32. The molecule has 2 N–H and O–H groups in total. The summed E-state index contributed by atoms with van der Waals surface area (Å²) in [6, 6.07) is 4.92. The van der Waals surface area contributed by atoms with Gasteiger partial charge >= 0.3 is 5.97 Å². The van der Waals surface area contributed by atoms with Crippen molar-refractivity contribution in [1.82, 2.24) is 0 Å². The van der Waals surface area contributed by atoms with Crippen LogP contribution in [0.4, 0.5) is 0 Å². The molecule has 17 heavy (non-hydrogen) atoms. The summed E-state index contributed by atoms with van der Waals surface area (Å²) in [7, 11) is 0. The van der Waals surface area contributed by atoms with Gasteiger partial charge in [0.15, 0.2) is 0 Å². The lowest BCUT2D eigenvalue weighted by atomic mass is 10.1. The fourth-order valence-electron chi connectivity index (χ4n) is 1.40. The Hall–Kier alpha value is -2.04. The molecule has 0 saturated heterocycles. The molecular formula is C12H15NO4. The first-order chi connectivity index (χ1) is 8.17. The zero-order valence-electron chi connectivity index (χ0n) is 9.59. The van der Waals surface area contributed by atoms with Crippen molar-refractivity contribution >= 4 is 12.2 Å². The van der Waals surface area contributed by atoms with Crippen LogP contribution in [0.3, 0.4) is 0 Å². The van der Waals surface area contributed by atoms with Crippen molar-refractivity contribution in [3.8, 4) is 5.75 Å². The summed E-state index contributed by atoms with van der Waals surface area (Å²) in [6.07, 6.45) is 1.92. The average molecular weight is 237 g/mol. The van der Waals surface area contributed by atoms with Crippen LogP contribution in [0.25, 0.3) is 0 Å². The number of oxime groups is 1. The molecule has 0 unspecified atom stereocenters. The zero-order chi connectivity index (χ0) is 12.7. The molecule has 0 spiro atoms. The number of phenolic OH excluding ortho intramolecular Hbond substituents is 1. The monoisotopic (exact) mass is 237 g/mol. The van der Waals surface area contributed by atoms with Gasteiger partial charge in [-0.3, -0.25) is 4.79 Å². The van der Waals surface area contributed by atoms with Crippen molar-refractivity contribution in [1.29, 1.82) is 0 Å². The van der Waals surface area contributed by atoms with Gasteiger partial charge in [0.2, 0.25) is 0 Å². The molecule has 0 aromatic heterocycles. The molecule has 0 aliphatic carbocycles. The lowest BCUT2D eigenvalue weighted by Gasteiger charge is -2.04. The topological polar surface area (TPSA) is 79.1 Å². The molecule has 5 heteroatoms. The summed E-state index contributed by atoms with van der Waals surface area (Å²) in [4.78, 5) is 11.1. The van der Waals surface area contributed by atoms with Gasteiger partial charge < -0.3 is 15.1 Å². The Kier molecular flexibility index (Phi) is 5.00. The van der Waals surface area contributed by atoms with Gasteiger partial charge in [0.05, 0.1) is 12.8 Å². The molecule has 92 valence electrons. The second kappa shape index (κ2) is 6.52. The summed E-state index contributed by atoms with van der Waals surface area (Å²) >= 11 is 0. The fourth-order valence-corrected chi connectivity index (χ4v) is 1.40. The van der Waals surface area contributed by atoms with Crippen molar-refractivity contribution in [2.75, 3.05) is 6.61 Å². The van der Waals surface area contributed by atoms with Gasteiger partial charge in [0.25, 0.3) is 0 Å². The van der Waals surface area contributed by atoms with Gasteiger partial charge in [0, 0.05) is 12.0 Å². The molecule has 0 heterocycles. The van der Waals surface area contributed by atoms with Crippen molar-refractivity contribution in [2.45, 2.75) is 19.8 Å². The number of nitrogens with zero attached hydrogens (tertiary/aromatic N) is 1. The van der Waals surface area contributed by atoms with E-state index in [1.807, 2.05) is 0 Å². The van der Waals surface area contributed by atoms with Gasteiger partial charge in [-0.15, -0.1) is 0 Å². The van der Waals surface area contributed by atoms with E-state index in [1.54, 1.807) is 19.1 Å². The highest BCUT2D eigenvalue weighted by Gasteiger charge is 2.05. The second-order valence-corrected chi connectivity index (χ2v) is 3.44. The first-order valence-electron chi connectivity index (χ1n) is 5.32. The number of benzene rings is 1. The van der Waals surface area contributed by atoms with E-state index in [0.717, 1.165) is 11.8 Å². The number of hydrogen-bond donors (Lipinski definition) is 2. The number of phenols is 1. The molecule has 0 bridgehead atoms. The summed E-state index contributed by atoms with van der Waals surface area (Å²) in [5, 5.41) is 20.8. The summed E-state index contributed by atoms with van der Waals surface area (Å²) in [5.41, 5.74) is 1.25. The van der Waals surface area contributed by atoms with Crippen LogP contribution in [0.1, 0.15) is 24.5 Å². The molecule has 0 saturated carbocycles. The van der Waals surface area contributed by atoms with Gasteiger partial charge in [-0.2, -0.15) is 0 Å². The van der Waals surface area contributed by atoms with Crippen molar-refractivity contribution in [2.24, 2.45) is 5.16 Å². The summed E-state index contributed by atoms with van der Waals surface area (Å²) in [5.74, 6) is -0.239. The highest BCUT2D eigenvalue weighted by atomic mass is 16.5. The molecule has 0 atom stereocenters. The Bertz CT molecular complexity index is 415. The maximum Gasteiger partial charge on any atom is 0.306 e. The Morgan fingerprint density at radius 2 is 2.29 bits per heavy atom. The van der Waals surface area contributed by atoms with Crippen LogP contribution in [-0.4, -0.2) is 29.1 Å². The van der Waals surface area contributed by atoms with Crippen LogP contribution in [0, 0.1) is 0 Å². The molecule has 1 aromatic carbocycles. The average Bonchev–Trinajstić information content (AvgIpc) is 2.30. The molecule has 0 radical (unpaired) electrons. The molecule has 1 rings (SSSR count). The minimum absolute atomic E-state index is 0.0177. The number of aryl methyl sites for hydroxylation is 1. The number of esters is 1. The minimum atomic E-state index is -0.256. The first kappa shape index (κ1) is 13.0. The number of carbonyl (C=O) groups excluding carboxylic acids is 1. The molecule has 0 aliphatic rings. The van der Waals surface area contributed by atoms with Crippen molar-refractivity contribution < 1.29 is 19.8 Å². The van der Waals surface area contributed by atoms with E-state index in [-0.39, 0.29) is 18.1 Å². The quantitative estimate of drug-likeness (QED) is 0.353. The predicted octanol–water partition coefficient (Wildman–Crippen LogP) is 1.70. The van der Waals surface area contributed by atoms with E-state index in [1.165, 1.54) is 6.07 Å². The Balaban J connectivity index is 2.61. The van der Waals surface area contributed by atoms with E-state index in [2.05, 4.69) is 5.16 Å². The van der Waals surface area contributed by atoms with Gasteiger partial charge in [-0.1, -0.05) is 11.2 Å². The van der Waals surface area contributed by atoms with E-state index < -0.39 is 0 Å². The second-order valence-electron chi connectivity index (χ2n) is 3.44. The van der Waals surface area contributed by atoms with E-state index in [0.29, 0.717) is 18.6 Å². The van der Waals surface area contributed by atoms with Crippen LogP contribution in [0.15, 0.2) is 23.4 Å². The summed E-state index contributed by atoms with van der Waals surface area (Å²) in [6.45, 7) is 2.13. The minimum Gasteiger partial charge on any atom is -0.507 e. The highest BCUT2D eigenvalue weighted by molar-refractivity contribution is 5.83. The molecule has 0 amide bonds. The van der Waals surface area contributed by atoms with Gasteiger partial charge in [-0.05, 0) is 31.0 Å². The van der Waals surface area contributed by atoms with E-state index in [9.17, 15) is 9.90 Å². The number of ether oxygens (including phenoxy) is 1. The zero-order valence-corrected chi connectivity index (χ0v) is 9.59. The third kappa shape index (κ3) is 4.14. The summed E-state index contributed by atoms with van der Waals surface area (Å²) < 4.78 is 4.80. The van der Waals surface area contributed by atoms with Crippen LogP contribution < -0.4 is 0 Å². The number of aromatic hydroxyl groups is 1. The van der Waals surface area contributed by atoms with Crippen LogP contribution in [0.5, 0.6) is 5.75 Å². The smallest absolute Gasteiger partial charge is 0.306 e. The van der Waals surface area contributed by atoms with Gasteiger partial charge in [0.1, 0.15) is 5.75 Å².